The summed E-state index contributed by atoms with van der Waals surface area (Å²) in [5.74, 6) is 0. The van der Waals surface area contributed by atoms with Crippen LogP contribution in [-0.2, 0) is 0 Å². The van der Waals surface area contributed by atoms with Crippen LogP contribution < -0.4 is 0 Å². The SMILES string of the molecule is C=C(C)CCC(O)c1cnccc1C. The Kier molecular flexibility index (Phi) is 3.84. The lowest BCUT2D eigenvalue weighted by molar-refractivity contribution is 0.166. The predicted molar refractivity (Wildman–Crippen MR) is 58.0 cm³/mol. The fourth-order valence-corrected chi connectivity index (χ4v) is 1.36. The van der Waals surface area contributed by atoms with Gasteiger partial charge in [0, 0.05) is 18.0 Å². The average Bonchev–Trinajstić information content (AvgIpc) is 2.15. The molecule has 0 aliphatic rings. The first-order valence-electron chi connectivity index (χ1n) is 4.84. The topological polar surface area (TPSA) is 33.1 Å². The summed E-state index contributed by atoms with van der Waals surface area (Å²) < 4.78 is 0. The van der Waals surface area contributed by atoms with Gasteiger partial charge in [0.25, 0.3) is 0 Å². The Morgan fingerprint density at radius 3 is 2.93 bits per heavy atom. The van der Waals surface area contributed by atoms with Crippen molar-refractivity contribution in [1.29, 1.82) is 0 Å². The minimum Gasteiger partial charge on any atom is -0.388 e. The fraction of sp³-hybridized carbons (Fsp3) is 0.417. The van der Waals surface area contributed by atoms with Crippen LogP contribution in [0.3, 0.4) is 0 Å². The third-order valence-corrected chi connectivity index (χ3v) is 2.28. The summed E-state index contributed by atoms with van der Waals surface area (Å²) in [6, 6.07) is 1.92. The molecule has 76 valence electrons. The summed E-state index contributed by atoms with van der Waals surface area (Å²) in [4.78, 5) is 4.01. The standard InChI is InChI=1S/C12H17NO/c1-9(2)4-5-12(14)11-8-13-7-6-10(11)3/h6-8,12,14H,1,4-5H2,2-3H3. The van der Waals surface area contributed by atoms with E-state index in [1.54, 1.807) is 12.4 Å². The van der Waals surface area contributed by atoms with Crippen LogP contribution in [0.4, 0.5) is 0 Å². The van der Waals surface area contributed by atoms with Gasteiger partial charge in [-0.15, -0.1) is 6.58 Å². The maximum atomic E-state index is 9.87. The second-order valence-electron chi connectivity index (χ2n) is 3.74. The van der Waals surface area contributed by atoms with Crippen molar-refractivity contribution in [3.05, 3.63) is 41.7 Å². The molecule has 1 atom stereocenters. The van der Waals surface area contributed by atoms with Crippen molar-refractivity contribution in [3.63, 3.8) is 0 Å². The second-order valence-corrected chi connectivity index (χ2v) is 3.74. The molecule has 1 aromatic rings. The van der Waals surface area contributed by atoms with Crippen molar-refractivity contribution in [1.82, 2.24) is 4.98 Å². The zero-order valence-corrected chi connectivity index (χ0v) is 8.83. The first-order valence-corrected chi connectivity index (χ1v) is 4.84. The van der Waals surface area contributed by atoms with E-state index in [9.17, 15) is 5.11 Å². The number of aliphatic hydroxyl groups excluding tert-OH is 1. The van der Waals surface area contributed by atoms with Crippen LogP contribution in [0.1, 0.15) is 37.0 Å². The quantitative estimate of drug-likeness (QED) is 0.742. The van der Waals surface area contributed by atoms with Gasteiger partial charge in [0.05, 0.1) is 6.10 Å². The highest BCUT2D eigenvalue weighted by Crippen LogP contribution is 2.21. The number of hydrogen-bond donors (Lipinski definition) is 1. The fourth-order valence-electron chi connectivity index (χ4n) is 1.36. The van der Waals surface area contributed by atoms with Gasteiger partial charge in [0.2, 0.25) is 0 Å². The lowest BCUT2D eigenvalue weighted by Crippen LogP contribution is -2.00. The van der Waals surface area contributed by atoms with Gasteiger partial charge in [-0.25, -0.2) is 0 Å². The molecule has 2 nitrogen and oxygen atoms in total. The lowest BCUT2D eigenvalue weighted by atomic mass is 10.0. The Morgan fingerprint density at radius 2 is 2.36 bits per heavy atom. The Balaban J connectivity index is 2.65. The maximum absolute atomic E-state index is 9.87. The number of rotatable bonds is 4. The molecule has 0 aliphatic heterocycles. The molecule has 1 aromatic heterocycles. The monoisotopic (exact) mass is 191 g/mol. The van der Waals surface area contributed by atoms with Crippen LogP contribution in [0.2, 0.25) is 0 Å². The van der Waals surface area contributed by atoms with Crippen molar-refractivity contribution >= 4 is 0 Å². The molecule has 2 heteroatoms. The summed E-state index contributed by atoms with van der Waals surface area (Å²) in [6.45, 7) is 7.78. The van der Waals surface area contributed by atoms with E-state index in [-0.39, 0.29) is 0 Å². The minimum atomic E-state index is -0.416. The molecule has 0 fully saturated rings. The third-order valence-electron chi connectivity index (χ3n) is 2.28. The van der Waals surface area contributed by atoms with E-state index in [0.717, 1.165) is 29.5 Å². The first-order chi connectivity index (χ1) is 6.61. The molecule has 0 radical (unpaired) electrons. The van der Waals surface area contributed by atoms with Gasteiger partial charge >= 0.3 is 0 Å². The lowest BCUT2D eigenvalue weighted by Gasteiger charge is -2.12. The van der Waals surface area contributed by atoms with Crippen molar-refractivity contribution < 1.29 is 5.11 Å². The molecule has 0 aliphatic carbocycles. The number of allylic oxidation sites excluding steroid dienone is 1. The number of nitrogens with zero attached hydrogens (tertiary/aromatic N) is 1. The largest absolute Gasteiger partial charge is 0.388 e. The minimum absolute atomic E-state index is 0.416. The molecule has 0 spiro atoms. The van der Waals surface area contributed by atoms with Crippen LogP contribution in [0.25, 0.3) is 0 Å². The third kappa shape index (κ3) is 2.96. The second kappa shape index (κ2) is 4.91. The van der Waals surface area contributed by atoms with E-state index in [2.05, 4.69) is 11.6 Å². The van der Waals surface area contributed by atoms with E-state index in [0.29, 0.717) is 0 Å². The van der Waals surface area contributed by atoms with Gasteiger partial charge in [-0.05, 0) is 38.3 Å². The van der Waals surface area contributed by atoms with E-state index in [1.807, 2.05) is 19.9 Å². The molecule has 0 amide bonds. The Morgan fingerprint density at radius 1 is 1.64 bits per heavy atom. The van der Waals surface area contributed by atoms with Crippen LogP contribution >= 0.6 is 0 Å². The van der Waals surface area contributed by atoms with Crippen molar-refractivity contribution in [2.75, 3.05) is 0 Å². The summed E-state index contributed by atoms with van der Waals surface area (Å²) in [6.07, 6.45) is 4.64. The van der Waals surface area contributed by atoms with Crippen LogP contribution in [-0.4, -0.2) is 10.1 Å². The molecule has 0 saturated carbocycles. The number of pyridine rings is 1. The average molecular weight is 191 g/mol. The van der Waals surface area contributed by atoms with Crippen LogP contribution in [0.15, 0.2) is 30.6 Å². The highest BCUT2D eigenvalue weighted by Gasteiger charge is 2.09. The van der Waals surface area contributed by atoms with E-state index >= 15 is 0 Å². The van der Waals surface area contributed by atoms with Crippen LogP contribution in [0, 0.1) is 6.92 Å². The highest BCUT2D eigenvalue weighted by atomic mass is 16.3. The Bertz CT molecular complexity index is 320. The van der Waals surface area contributed by atoms with E-state index in [1.165, 1.54) is 0 Å². The first kappa shape index (κ1) is 10.9. The van der Waals surface area contributed by atoms with Gasteiger partial charge < -0.3 is 5.11 Å². The van der Waals surface area contributed by atoms with Gasteiger partial charge in [0.15, 0.2) is 0 Å². The molecule has 0 aromatic carbocycles. The zero-order chi connectivity index (χ0) is 10.6. The van der Waals surface area contributed by atoms with E-state index in [4.69, 9.17) is 0 Å². The molecule has 1 rings (SSSR count). The molecule has 0 saturated heterocycles. The van der Waals surface area contributed by atoms with Crippen molar-refractivity contribution in [3.8, 4) is 0 Å². The summed E-state index contributed by atoms with van der Waals surface area (Å²) in [7, 11) is 0. The number of hydrogen-bond acceptors (Lipinski definition) is 2. The predicted octanol–water partition coefficient (Wildman–Crippen LogP) is 2.78. The van der Waals surface area contributed by atoms with Crippen molar-refractivity contribution in [2.24, 2.45) is 0 Å². The van der Waals surface area contributed by atoms with Gasteiger partial charge in [0.1, 0.15) is 0 Å². The van der Waals surface area contributed by atoms with E-state index < -0.39 is 6.10 Å². The summed E-state index contributed by atoms with van der Waals surface area (Å²) in [5.41, 5.74) is 3.12. The molecule has 1 heterocycles. The van der Waals surface area contributed by atoms with Gasteiger partial charge in [-0.1, -0.05) is 5.57 Å². The molecule has 14 heavy (non-hydrogen) atoms. The molecule has 0 bridgehead atoms. The molecule has 1 N–H and O–H groups in total. The summed E-state index contributed by atoms with van der Waals surface area (Å²) >= 11 is 0. The smallest absolute Gasteiger partial charge is 0.0810 e. The maximum Gasteiger partial charge on any atom is 0.0810 e. The van der Waals surface area contributed by atoms with Gasteiger partial charge in [-0.3, -0.25) is 4.98 Å². The van der Waals surface area contributed by atoms with Crippen LogP contribution in [0.5, 0.6) is 0 Å². The normalized spacial score (nSPS) is 12.5. The molecular weight excluding hydrogens is 174 g/mol. The Hall–Kier alpha value is -1.15. The molecular formula is C12H17NO. The zero-order valence-electron chi connectivity index (χ0n) is 8.83. The highest BCUT2D eigenvalue weighted by molar-refractivity contribution is 5.23. The summed E-state index contributed by atoms with van der Waals surface area (Å²) in [5, 5.41) is 9.87. The Labute approximate surface area is 85.3 Å². The number of aromatic nitrogens is 1. The van der Waals surface area contributed by atoms with Gasteiger partial charge in [-0.2, -0.15) is 0 Å². The molecule has 1 unspecified atom stereocenters. The number of aliphatic hydroxyl groups is 1. The number of aryl methyl sites for hydroxylation is 1. The van der Waals surface area contributed by atoms with Crippen molar-refractivity contribution in [2.45, 2.75) is 32.8 Å².